The van der Waals surface area contributed by atoms with E-state index in [1.54, 1.807) is 6.33 Å². The average Bonchev–Trinajstić information content (AvgIpc) is 3.25. The molecule has 0 atom stereocenters. The molecule has 138 valence electrons. The molecule has 0 bridgehead atoms. The van der Waals surface area contributed by atoms with Gasteiger partial charge >= 0.3 is 0 Å². The number of aromatic nitrogens is 5. The highest BCUT2D eigenvalue weighted by Crippen LogP contribution is 2.19. The Morgan fingerprint density at radius 3 is 2.64 bits per heavy atom. The summed E-state index contributed by atoms with van der Waals surface area (Å²) in [6.45, 7) is 6.33. The highest BCUT2D eigenvalue weighted by Gasteiger charge is 2.22. The van der Waals surface area contributed by atoms with Gasteiger partial charge in [-0.1, -0.05) is 6.92 Å². The lowest BCUT2D eigenvalue weighted by atomic mass is 10.3. The lowest BCUT2D eigenvalue weighted by Gasteiger charge is -2.36. The molecule has 0 saturated carbocycles. The molecular weight excluding hydrogens is 453 g/mol. The molecule has 1 saturated heterocycles. The van der Waals surface area contributed by atoms with Gasteiger partial charge in [0.05, 0.1) is 6.54 Å². The summed E-state index contributed by atoms with van der Waals surface area (Å²) in [6, 6.07) is 0. The maximum atomic E-state index is 4.57. The molecule has 1 aliphatic rings. The van der Waals surface area contributed by atoms with E-state index in [1.807, 2.05) is 18.7 Å². The molecule has 3 rings (SSSR count). The minimum atomic E-state index is 0. The highest BCUT2D eigenvalue weighted by molar-refractivity contribution is 14.0. The Balaban J connectivity index is 0.00000225. The number of halogens is 1. The van der Waals surface area contributed by atoms with Crippen LogP contribution in [0.2, 0.25) is 0 Å². The van der Waals surface area contributed by atoms with Gasteiger partial charge in [-0.15, -0.1) is 34.2 Å². The van der Waals surface area contributed by atoms with Crippen molar-refractivity contribution in [2.45, 2.75) is 19.9 Å². The Morgan fingerprint density at radius 2 is 2.08 bits per heavy atom. The van der Waals surface area contributed by atoms with Crippen LogP contribution in [0.15, 0.2) is 11.3 Å². The second-order valence-electron chi connectivity index (χ2n) is 5.58. The van der Waals surface area contributed by atoms with Crippen molar-refractivity contribution in [3.8, 4) is 0 Å². The average molecular weight is 477 g/mol. The molecule has 1 fully saturated rings. The van der Waals surface area contributed by atoms with Crippen molar-refractivity contribution >= 4 is 46.6 Å². The fourth-order valence-corrected chi connectivity index (χ4v) is 3.39. The number of nitrogens with zero attached hydrogens (tertiary/aromatic N) is 8. The number of guanidine groups is 1. The second-order valence-corrected chi connectivity index (χ2v) is 6.31. The number of aliphatic imine (C=N–C) groups is 1. The number of aryl methyl sites for hydroxylation is 2. The van der Waals surface area contributed by atoms with E-state index in [1.165, 1.54) is 11.5 Å². The zero-order valence-corrected chi connectivity index (χ0v) is 17.9. The molecule has 11 heteroatoms. The largest absolute Gasteiger partial charge is 0.349 e. The van der Waals surface area contributed by atoms with Crippen LogP contribution in [0.25, 0.3) is 0 Å². The molecular formula is C14H24IN9S. The molecule has 0 amide bonds. The number of anilines is 1. The molecule has 1 aliphatic heterocycles. The van der Waals surface area contributed by atoms with E-state index < -0.39 is 0 Å². The fourth-order valence-electron chi connectivity index (χ4n) is 2.58. The van der Waals surface area contributed by atoms with Crippen LogP contribution in [0.3, 0.4) is 0 Å². The quantitative estimate of drug-likeness (QED) is 0.395. The van der Waals surface area contributed by atoms with E-state index in [-0.39, 0.29) is 24.0 Å². The first-order valence-electron chi connectivity index (χ1n) is 8.07. The minimum Gasteiger partial charge on any atom is -0.349 e. The van der Waals surface area contributed by atoms with Crippen molar-refractivity contribution < 1.29 is 0 Å². The summed E-state index contributed by atoms with van der Waals surface area (Å²) in [5.74, 6) is 2.71. The number of piperazine rings is 1. The van der Waals surface area contributed by atoms with E-state index >= 15 is 0 Å². The van der Waals surface area contributed by atoms with Crippen LogP contribution < -0.4 is 10.2 Å². The summed E-state index contributed by atoms with van der Waals surface area (Å²) in [5, 5.41) is 12.4. The van der Waals surface area contributed by atoms with E-state index in [0.29, 0.717) is 6.54 Å². The molecule has 2 aromatic heterocycles. The van der Waals surface area contributed by atoms with Crippen molar-refractivity contribution in [2.24, 2.45) is 12.0 Å². The molecule has 3 heterocycles. The number of nitrogens with one attached hydrogen (secondary N) is 1. The molecule has 25 heavy (non-hydrogen) atoms. The van der Waals surface area contributed by atoms with Crippen LogP contribution in [-0.2, 0) is 20.0 Å². The van der Waals surface area contributed by atoms with E-state index in [9.17, 15) is 0 Å². The first-order chi connectivity index (χ1) is 11.7. The van der Waals surface area contributed by atoms with Crippen LogP contribution >= 0.6 is 35.5 Å². The predicted molar refractivity (Wildman–Crippen MR) is 110 cm³/mol. The third-order valence-electron chi connectivity index (χ3n) is 4.04. The topological polar surface area (TPSA) is 87.4 Å². The summed E-state index contributed by atoms with van der Waals surface area (Å²) < 4.78 is 6.27. The Hall–Kier alpha value is -1.50. The Bertz CT molecular complexity index is 690. The first kappa shape index (κ1) is 19.8. The van der Waals surface area contributed by atoms with Gasteiger partial charge in [0, 0.05) is 58.2 Å². The molecule has 0 spiro atoms. The Labute approximate surface area is 168 Å². The van der Waals surface area contributed by atoms with Crippen LogP contribution in [0, 0.1) is 0 Å². The monoisotopic (exact) mass is 477 g/mol. The number of hydrogen-bond donors (Lipinski definition) is 1. The van der Waals surface area contributed by atoms with Crippen molar-refractivity contribution in [2.75, 3.05) is 38.1 Å². The van der Waals surface area contributed by atoms with E-state index in [2.05, 4.69) is 46.6 Å². The zero-order valence-electron chi connectivity index (χ0n) is 14.7. The van der Waals surface area contributed by atoms with Gasteiger partial charge in [0.1, 0.15) is 12.2 Å². The van der Waals surface area contributed by atoms with Crippen LogP contribution in [0.5, 0.6) is 0 Å². The summed E-state index contributed by atoms with van der Waals surface area (Å²) in [5.41, 5.74) is 0. The lowest BCUT2D eigenvalue weighted by Crippen LogP contribution is -2.52. The van der Waals surface area contributed by atoms with Gasteiger partial charge in [-0.3, -0.25) is 4.99 Å². The third-order valence-corrected chi connectivity index (χ3v) is 4.86. The lowest BCUT2D eigenvalue weighted by molar-refractivity contribution is 0.371. The summed E-state index contributed by atoms with van der Waals surface area (Å²) in [4.78, 5) is 13.5. The third kappa shape index (κ3) is 4.77. The first-order valence-corrected chi connectivity index (χ1v) is 8.84. The van der Waals surface area contributed by atoms with Crippen molar-refractivity contribution in [3.63, 3.8) is 0 Å². The van der Waals surface area contributed by atoms with Crippen molar-refractivity contribution in [3.05, 3.63) is 18.0 Å². The molecule has 0 radical (unpaired) electrons. The van der Waals surface area contributed by atoms with Gasteiger partial charge in [-0.05, 0) is 0 Å². The molecule has 2 aromatic rings. The van der Waals surface area contributed by atoms with Crippen LogP contribution in [-0.4, -0.2) is 68.2 Å². The van der Waals surface area contributed by atoms with Crippen LogP contribution in [0.1, 0.15) is 18.6 Å². The van der Waals surface area contributed by atoms with Crippen molar-refractivity contribution in [1.82, 2.24) is 34.3 Å². The molecule has 1 N–H and O–H groups in total. The van der Waals surface area contributed by atoms with Crippen molar-refractivity contribution in [1.29, 1.82) is 0 Å². The summed E-state index contributed by atoms with van der Waals surface area (Å²) in [7, 11) is 3.74. The van der Waals surface area contributed by atoms with Gasteiger partial charge in [0.25, 0.3) is 0 Å². The van der Waals surface area contributed by atoms with Gasteiger partial charge in [0.15, 0.2) is 11.8 Å². The molecule has 0 aliphatic carbocycles. The smallest absolute Gasteiger partial charge is 0.205 e. The van der Waals surface area contributed by atoms with E-state index in [0.717, 1.165) is 55.3 Å². The van der Waals surface area contributed by atoms with Gasteiger partial charge < -0.3 is 19.7 Å². The molecule has 9 nitrogen and oxygen atoms in total. The Kier molecular flexibility index (Phi) is 7.35. The van der Waals surface area contributed by atoms with E-state index in [4.69, 9.17) is 0 Å². The second kappa shape index (κ2) is 9.27. The normalized spacial score (nSPS) is 15.2. The standard InChI is InChI=1S/C14H23N9S.HI/c1-4-11-18-14(24-20-11)23-7-5-22(6-8-23)13(15-2)16-9-12-19-17-10-21(12)3;/h10H,4-9H2,1-3H3,(H,15,16);1H. The predicted octanol–water partition coefficient (Wildman–Crippen LogP) is 0.745. The Morgan fingerprint density at radius 1 is 1.32 bits per heavy atom. The molecule has 0 aromatic carbocycles. The fraction of sp³-hybridized carbons (Fsp3) is 0.643. The highest BCUT2D eigenvalue weighted by atomic mass is 127. The van der Waals surface area contributed by atoms with Gasteiger partial charge in [-0.2, -0.15) is 4.37 Å². The summed E-state index contributed by atoms with van der Waals surface area (Å²) >= 11 is 1.49. The van der Waals surface area contributed by atoms with Gasteiger partial charge in [-0.25, -0.2) is 4.98 Å². The summed E-state index contributed by atoms with van der Waals surface area (Å²) in [6.07, 6.45) is 2.58. The SMILES string of the molecule is CCc1nsc(N2CCN(C(=NC)NCc3nncn3C)CC2)n1.I. The van der Waals surface area contributed by atoms with Crippen LogP contribution in [0.4, 0.5) is 5.13 Å². The molecule has 0 unspecified atom stereocenters. The number of rotatable bonds is 4. The zero-order chi connectivity index (χ0) is 16.9. The minimum absolute atomic E-state index is 0. The maximum Gasteiger partial charge on any atom is 0.205 e. The number of hydrogen-bond acceptors (Lipinski definition) is 7. The maximum absolute atomic E-state index is 4.57. The van der Waals surface area contributed by atoms with Gasteiger partial charge in [0.2, 0.25) is 5.13 Å².